The molecule has 19 heavy (non-hydrogen) atoms. The summed E-state index contributed by atoms with van der Waals surface area (Å²) in [4.78, 5) is 4.14. The number of hydrogen-bond acceptors (Lipinski definition) is 4. The van der Waals surface area contributed by atoms with Crippen molar-refractivity contribution in [2.45, 2.75) is 6.61 Å². The number of hydrogen-bond donors (Lipinski definition) is 1. The molecule has 0 aliphatic heterocycles. The third kappa shape index (κ3) is 1.94. The highest BCUT2D eigenvalue weighted by Gasteiger charge is 2.07. The van der Waals surface area contributed by atoms with Crippen molar-refractivity contribution in [2.24, 2.45) is 0 Å². The van der Waals surface area contributed by atoms with Crippen LogP contribution in [0.3, 0.4) is 0 Å². The van der Waals surface area contributed by atoms with Gasteiger partial charge in [-0.2, -0.15) is 10.4 Å². The van der Waals surface area contributed by atoms with Crippen molar-refractivity contribution in [3.63, 3.8) is 0 Å². The molecule has 2 aromatic heterocycles. The highest BCUT2D eigenvalue weighted by atomic mass is 16.3. The lowest BCUT2D eigenvalue weighted by atomic mass is 10.1. The number of fused-ring (bicyclic) bond motifs is 1. The molecule has 0 radical (unpaired) electrons. The van der Waals surface area contributed by atoms with E-state index in [1.165, 1.54) is 6.33 Å². The third-order valence-electron chi connectivity index (χ3n) is 2.93. The predicted octanol–water partition coefficient (Wildman–Crippen LogP) is 1.76. The van der Waals surface area contributed by atoms with E-state index in [0.717, 1.165) is 16.8 Å². The summed E-state index contributed by atoms with van der Waals surface area (Å²) in [7, 11) is 0. The smallest absolute Gasteiger partial charge is 0.156 e. The Morgan fingerprint density at radius 3 is 2.68 bits per heavy atom. The number of aliphatic hydroxyl groups is 1. The summed E-state index contributed by atoms with van der Waals surface area (Å²) in [6.07, 6.45) is 1.48. The van der Waals surface area contributed by atoms with Gasteiger partial charge in [0.25, 0.3) is 0 Å². The van der Waals surface area contributed by atoms with Crippen molar-refractivity contribution in [1.29, 1.82) is 5.26 Å². The summed E-state index contributed by atoms with van der Waals surface area (Å²) in [5, 5.41) is 22.3. The van der Waals surface area contributed by atoms with Gasteiger partial charge in [0, 0.05) is 5.56 Å². The van der Waals surface area contributed by atoms with Crippen molar-refractivity contribution in [3.8, 4) is 17.3 Å². The molecule has 1 N–H and O–H groups in total. The zero-order valence-electron chi connectivity index (χ0n) is 9.98. The van der Waals surface area contributed by atoms with Crippen LogP contribution in [0.25, 0.3) is 16.9 Å². The number of benzene rings is 1. The SMILES string of the molecule is N#Cc1ccc(-c2cc(CO)cc3ncnn23)cc1. The van der Waals surface area contributed by atoms with E-state index in [1.807, 2.05) is 18.2 Å². The Hall–Kier alpha value is -2.71. The van der Waals surface area contributed by atoms with Crippen LogP contribution in [0.5, 0.6) is 0 Å². The summed E-state index contributed by atoms with van der Waals surface area (Å²) in [6.45, 7) is -0.0490. The van der Waals surface area contributed by atoms with Crippen LogP contribution in [0.2, 0.25) is 0 Å². The first-order chi connectivity index (χ1) is 9.31. The molecule has 0 aliphatic rings. The fourth-order valence-electron chi connectivity index (χ4n) is 1.99. The number of nitrogens with zero attached hydrogens (tertiary/aromatic N) is 4. The number of aromatic nitrogens is 3. The van der Waals surface area contributed by atoms with E-state index in [-0.39, 0.29) is 6.61 Å². The quantitative estimate of drug-likeness (QED) is 0.752. The Bertz CT molecular complexity index is 768. The minimum Gasteiger partial charge on any atom is -0.392 e. The Kier molecular flexibility index (Phi) is 2.71. The molecule has 2 heterocycles. The van der Waals surface area contributed by atoms with Crippen molar-refractivity contribution >= 4 is 5.65 Å². The standard InChI is InChI=1S/C14H10N4O/c15-7-10-1-3-12(4-2-10)13-5-11(8-19)6-14-16-9-17-18(13)14/h1-6,9,19H,8H2. The summed E-state index contributed by atoms with van der Waals surface area (Å²) in [6, 6.07) is 13.0. The van der Waals surface area contributed by atoms with Gasteiger partial charge in [-0.05, 0) is 29.8 Å². The van der Waals surface area contributed by atoms with Gasteiger partial charge >= 0.3 is 0 Å². The van der Waals surface area contributed by atoms with Crippen LogP contribution >= 0.6 is 0 Å². The molecule has 0 saturated heterocycles. The second-order valence-electron chi connectivity index (χ2n) is 4.13. The molecule has 0 bridgehead atoms. The maximum absolute atomic E-state index is 9.29. The highest BCUT2D eigenvalue weighted by molar-refractivity contribution is 5.64. The lowest BCUT2D eigenvalue weighted by molar-refractivity contribution is 0.282. The molecule has 3 rings (SSSR count). The van der Waals surface area contributed by atoms with Crippen LogP contribution in [0.1, 0.15) is 11.1 Å². The topological polar surface area (TPSA) is 74.2 Å². The first kappa shape index (κ1) is 11.4. The fourth-order valence-corrected chi connectivity index (χ4v) is 1.99. The number of pyridine rings is 1. The largest absolute Gasteiger partial charge is 0.392 e. The Morgan fingerprint density at radius 2 is 2.00 bits per heavy atom. The maximum Gasteiger partial charge on any atom is 0.156 e. The maximum atomic E-state index is 9.29. The normalized spacial score (nSPS) is 10.5. The van der Waals surface area contributed by atoms with E-state index in [1.54, 1.807) is 22.7 Å². The van der Waals surface area contributed by atoms with E-state index >= 15 is 0 Å². The van der Waals surface area contributed by atoms with Gasteiger partial charge in [-0.3, -0.25) is 0 Å². The second-order valence-corrected chi connectivity index (χ2v) is 4.13. The number of rotatable bonds is 2. The summed E-state index contributed by atoms with van der Waals surface area (Å²) >= 11 is 0. The highest BCUT2D eigenvalue weighted by Crippen LogP contribution is 2.22. The molecular weight excluding hydrogens is 240 g/mol. The summed E-state index contributed by atoms with van der Waals surface area (Å²) < 4.78 is 1.71. The third-order valence-corrected chi connectivity index (χ3v) is 2.93. The first-order valence-electron chi connectivity index (χ1n) is 5.76. The van der Waals surface area contributed by atoms with E-state index in [4.69, 9.17) is 5.26 Å². The van der Waals surface area contributed by atoms with Gasteiger partial charge < -0.3 is 5.11 Å². The van der Waals surface area contributed by atoms with Gasteiger partial charge in [-0.25, -0.2) is 9.50 Å². The molecule has 0 fully saturated rings. The van der Waals surface area contributed by atoms with Crippen LogP contribution in [0.4, 0.5) is 0 Å². The molecule has 0 aliphatic carbocycles. The molecule has 5 heteroatoms. The Labute approximate surface area is 109 Å². The van der Waals surface area contributed by atoms with Gasteiger partial charge in [-0.15, -0.1) is 0 Å². The number of nitriles is 1. The van der Waals surface area contributed by atoms with E-state index in [9.17, 15) is 5.11 Å². The number of aliphatic hydroxyl groups excluding tert-OH is 1. The van der Waals surface area contributed by atoms with Crippen molar-refractivity contribution < 1.29 is 5.11 Å². The molecule has 0 saturated carbocycles. The molecule has 0 spiro atoms. The lowest BCUT2D eigenvalue weighted by Gasteiger charge is -2.07. The monoisotopic (exact) mass is 250 g/mol. The average molecular weight is 250 g/mol. The van der Waals surface area contributed by atoms with Gasteiger partial charge in [-0.1, -0.05) is 12.1 Å². The zero-order chi connectivity index (χ0) is 13.2. The van der Waals surface area contributed by atoms with Gasteiger partial charge in [0.2, 0.25) is 0 Å². The Morgan fingerprint density at radius 1 is 1.21 bits per heavy atom. The first-order valence-corrected chi connectivity index (χ1v) is 5.76. The molecular formula is C14H10N4O. The van der Waals surface area contributed by atoms with Crippen LogP contribution in [0.15, 0.2) is 42.7 Å². The average Bonchev–Trinajstić information content (AvgIpc) is 2.94. The molecule has 0 atom stereocenters. The minimum absolute atomic E-state index is 0.0490. The van der Waals surface area contributed by atoms with Crippen LogP contribution in [-0.4, -0.2) is 19.7 Å². The molecule has 1 aromatic carbocycles. The molecule has 0 unspecified atom stereocenters. The summed E-state index contributed by atoms with van der Waals surface area (Å²) in [5.41, 5.74) is 3.83. The molecule has 5 nitrogen and oxygen atoms in total. The van der Waals surface area contributed by atoms with Crippen molar-refractivity contribution in [2.75, 3.05) is 0 Å². The van der Waals surface area contributed by atoms with E-state index < -0.39 is 0 Å². The predicted molar refractivity (Wildman–Crippen MR) is 69.1 cm³/mol. The minimum atomic E-state index is -0.0490. The van der Waals surface area contributed by atoms with Crippen LogP contribution in [-0.2, 0) is 6.61 Å². The van der Waals surface area contributed by atoms with Gasteiger partial charge in [0.15, 0.2) is 5.65 Å². The second kappa shape index (κ2) is 4.52. The van der Waals surface area contributed by atoms with Crippen LogP contribution in [0, 0.1) is 11.3 Å². The molecule has 92 valence electrons. The Balaban J connectivity index is 2.22. The van der Waals surface area contributed by atoms with E-state index in [2.05, 4.69) is 16.2 Å². The summed E-state index contributed by atoms with van der Waals surface area (Å²) in [5.74, 6) is 0. The van der Waals surface area contributed by atoms with Gasteiger partial charge in [0.05, 0.1) is 23.9 Å². The zero-order valence-corrected chi connectivity index (χ0v) is 9.98. The molecule has 3 aromatic rings. The lowest BCUT2D eigenvalue weighted by Crippen LogP contribution is -1.97. The van der Waals surface area contributed by atoms with Gasteiger partial charge in [0.1, 0.15) is 6.33 Å². The molecule has 0 amide bonds. The fraction of sp³-hybridized carbons (Fsp3) is 0.0714. The van der Waals surface area contributed by atoms with E-state index in [0.29, 0.717) is 11.2 Å². The van der Waals surface area contributed by atoms with Crippen molar-refractivity contribution in [1.82, 2.24) is 14.6 Å². The van der Waals surface area contributed by atoms with Crippen molar-refractivity contribution in [3.05, 3.63) is 53.9 Å². The van der Waals surface area contributed by atoms with Crippen LogP contribution < -0.4 is 0 Å².